The van der Waals surface area contributed by atoms with E-state index in [0.29, 0.717) is 0 Å². The van der Waals surface area contributed by atoms with E-state index in [-0.39, 0.29) is 0 Å². The fourth-order valence-corrected chi connectivity index (χ4v) is 2.47. The number of hydrogen-bond donors (Lipinski definition) is 2. The lowest BCUT2D eigenvalue weighted by Gasteiger charge is -1.98. The summed E-state index contributed by atoms with van der Waals surface area (Å²) in [5.74, 6) is 0. The Balaban J connectivity index is 2.67. The summed E-state index contributed by atoms with van der Waals surface area (Å²) in [5.41, 5.74) is 3.64. The Hall–Kier alpha value is -1.41. The molecule has 0 saturated heterocycles. The van der Waals surface area contributed by atoms with E-state index in [0.717, 1.165) is 10.4 Å². The van der Waals surface area contributed by atoms with Gasteiger partial charge in [0, 0.05) is 26.7 Å². The lowest BCUT2D eigenvalue weighted by molar-refractivity contribution is 1.50. The standard InChI is InChI=1S/C13H11NS/c1-8-4-2-5-9-12(8)13-10(14-9)6-3-7-11(13)15/h2-7,14-15H,1H3. The first-order valence-corrected chi connectivity index (χ1v) is 5.41. The normalized spacial score (nSPS) is 11.3. The van der Waals surface area contributed by atoms with Crippen molar-refractivity contribution < 1.29 is 0 Å². The maximum absolute atomic E-state index is 4.52. The average Bonchev–Trinajstić information content (AvgIpc) is 2.58. The van der Waals surface area contributed by atoms with Crippen molar-refractivity contribution >= 4 is 34.4 Å². The van der Waals surface area contributed by atoms with Crippen LogP contribution in [0.3, 0.4) is 0 Å². The monoisotopic (exact) mass is 213 g/mol. The first kappa shape index (κ1) is 8.86. The van der Waals surface area contributed by atoms with Crippen LogP contribution in [0.1, 0.15) is 5.56 Å². The van der Waals surface area contributed by atoms with Crippen LogP contribution >= 0.6 is 12.6 Å². The predicted octanol–water partition coefficient (Wildman–Crippen LogP) is 3.92. The van der Waals surface area contributed by atoms with Gasteiger partial charge in [-0.25, -0.2) is 0 Å². The van der Waals surface area contributed by atoms with Gasteiger partial charge in [-0.15, -0.1) is 12.6 Å². The molecule has 0 radical (unpaired) electrons. The van der Waals surface area contributed by atoms with Crippen LogP contribution < -0.4 is 0 Å². The van der Waals surface area contributed by atoms with Crippen molar-refractivity contribution in [3.63, 3.8) is 0 Å². The maximum Gasteiger partial charge on any atom is 0.0476 e. The second-order valence-corrected chi connectivity index (χ2v) is 4.30. The highest BCUT2D eigenvalue weighted by Crippen LogP contribution is 2.32. The number of rotatable bonds is 0. The molecule has 0 aliphatic rings. The summed E-state index contributed by atoms with van der Waals surface area (Å²) in [5, 5.41) is 2.52. The van der Waals surface area contributed by atoms with E-state index in [4.69, 9.17) is 0 Å². The second-order valence-electron chi connectivity index (χ2n) is 3.82. The molecule has 2 aromatic carbocycles. The fourth-order valence-electron chi connectivity index (χ4n) is 2.16. The smallest absolute Gasteiger partial charge is 0.0476 e. The molecule has 1 heterocycles. The summed E-state index contributed by atoms with van der Waals surface area (Å²) >= 11 is 4.52. The van der Waals surface area contributed by atoms with E-state index in [1.807, 2.05) is 12.1 Å². The molecule has 1 aromatic heterocycles. The van der Waals surface area contributed by atoms with Crippen molar-refractivity contribution in [2.24, 2.45) is 0 Å². The quantitative estimate of drug-likeness (QED) is 0.526. The van der Waals surface area contributed by atoms with Gasteiger partial charge in [-0.05, 0) is 30.7 Å². The molecule has 0 unspecified atom stereocenters. The van der Waals surface area contributed by atoms with Gasteiger partial charge < -0.3 is 4.98 Å². The Bertz CT molecular complexity index is 596. The first-order chi connectivity index (χ1) is 7.27. The first-order valence-electron chi connectivity index (χ1n) is 4.96. The van der Waals surface area contributed by atoms with Crippen molar-refractivity contribution in [1.29, 1.82) is 0 Å². The Labute approximate surface area is 93.5 Å². The van der Waals surface area contributed by atoms with E-state index >= 15 is 0 Å². The van der Waals surface area contributed by atoms with Crippen LogP contribution in [0.2, 0.25) is 0 Å². The predicted molar refractivity (Wildman–Crippen MR) is 67.8 cm³/mol. The molecular formula is C13H11NS. The molecule has 1 N–H and O–H groups in total. The molecule has 0 amide bonds. The van der Waals surface area contributed by atoms with Crippen molar-refractivity contribution in [2.75, 3.05) is 0 Å². The maximum atomic E-state index is 4.52. The van der Waals surface area contributed by atoms with Gasteiger partial charge in [0.15, 0.2) is 0 Å². The summed E-state index contributed by atoms with van der Waals surface area (Å²) in [6, 6.07) is 12.5. The molecule has 1 nitrogen and oxygen atoms in total. The summed E-state index contributed by atoms with van der Waals surface area (Å²) in [6.07, 6.45) is 0. The lowest BCUT2D eigenvalue weighted by Crippen LogP contribution is -1.74. The number of aryl methyl sites for hydroxylation is 1. The van der Waals surface area contributed by atoms with Gasteiger partial charge >= 0.3 is 0 Å². The molecule has 0 spiro atoms. The Morgan fingerprint density at radius 2 is 1.60 bits per heavy atom. The van der Waals surface area contributed by atoms with Crippen LogP contribution in [0.4, 0.5) is 0 Å². The number of hydrogen-bond acceptors (Lipinski definition) is 1. The molecule has 0 aliphatic carbocycles. The Kier molecular flexibility index (Phi) is 1.80. The van der Waals surface area contributed by atoms with Crippen LogP contribution in [0, 0.1) is 6.92 Å². The molecule has 0 atom stereocenters. The van der Waals surface area contributed by atoms with E-state index in [9.17, 15) is 0 Å². The van der Waals surface area contributed by atoms with Crippen LogP contribution in [0.15, 0.2) is 41.3 Å². The van der Waals surface area contributed by atoms with Gasteiger partial charge in [0.05, 0.1) is 0 Å². The third-order valence-electron chi connectivity index (χ3n) is 2.83. The minimum atomic E-state index is 1.04. The highest BCUT2D eigenvalue weighted by Gasteiger charge is 2.07. The molecule has 0 saturated carbocycles. The largest absolute Gasteiger partial charge is 0.354 e. The summed E-state index contributed by atoms with van der Waals surface area (Å²) in [7, 11) is 0. The topological polar surface area (TPSA) is 15.8 Å². The van der Waals surface area contributed by atoms with Crippen molar-refractivity contribution in [1.82, 2.24) is 4.98 Å². The van der Waals surface area contributed by atoms with Crippen LogP contribution in [0.25, 0.3) is 21.8 Å². The lowest BCUT2D eigenvalue weighted by atomic mass is 10.1. The van der Waals surface area contributed by atoms with Gasteiger partial charge in [-0.3, -0.25) is 0 Å². The number of aromatic amines is 1. The number of H-pyrrole nitrogens is 1. The van der Waals surface area contributed by atoms with Crippen LogP contribution in [-0.4, -0.2) is 4.98 Å². The highest BCUT2D eigenvalue weighted by atomic mass is 32.1. The van der Waals surface area contributed by atoms with Gasteiger partial charge in [0.25, 0.3) is 0 Å². The highest BCUT2D eigenvalue weighted by molar-refractivity contribution is 7.80. The minimum Gasteiger partial charge on any atom is -0.354 e. The van der Waals surface area contributed by atoms with Crippen molar-refractivity contribution in [3.05, 3.63) is 42.0 Å². The van der Waals surface area contributed by atoms with E-state index < -0.39 is 0 Å². The van der Waals surface area contributed by atoms with Gasteiger partial charge in [0.1, 0.15) is 0 Å². The van der Waals surface area contributed by atoms with Crippen LogP contribution in [0.5, 0.6) is 0 Å². The zero-order chi connectivity index (χ0) is 10.4. The molecule has 2 heteroatoms. The summed E-state index contributed by atoms with van der Waals surface area (Å²) in [4.78, 5) is 4.45. The second kappa shape index (κ2) is 3.04. The molecule has 0 aliphatic heterocycles. The number of thiol groups is 1. The fraction of sp³-hybridized carbons (Fsp3) is 0.0769. The number of fused-ring (bicyclic) bond motifs is 3. The minimum absolute atomic E-state index is 1.04. The van der Waals surface area contributed by atoms with Gasteiger partial charge in [0.2, 0.25) is 0 Å². The van der Waals surface area contributed by atoms with E-state index in [2.05, 4.69) is 48.8 Å². The SMILES string of the molecule is Cc1cccc2[nH]c3cccc(S)c3c12. The third-order valence-corrected chi connectivity index (χ3v) is 3.21. The number of nitrogens with one attached hydrogen (secondary N) is 1. The molecule has 0 fully saturated rings. The number of benzene rings is 2. The summed E-state index contributed by atoms with van der Waals surface area (Å²) in [6.45, 7) is 2.13. The van der Waals surface area contributed by atoms with Crippen LogP contribution in [-0.2, 0) is 0 Å². The average molecular weight is 213 g/mol. The van der Waals surface area contributed by atoms with E-state index in [1.165, 1.54) is 21.9 Å². The van der Waals surface area contributed by atoms with Gasteiger partial charge in [-0.2, -0.15) is 0 Å². The Morgan fingerprint density at radius 3 is 2.40 bits per heavy atom. The molecule has 3 rings (SSSR count). The molecule has 0 bridgehead atoms. The Morgan fingerprint density at radius 1 is 0.933 bits per heavy atom. The van der Waals surface area contributed by atoms with E-state index in [1.54, 1.807) is 0 Å². The molecule has 3 aromatic rings. The molecule has 15 heavy (non-hydrogen) atoms. The number of aromatic nitrogens is 1. The molecular weight excluding hydrogens is 202 g/mol. The zero-order valence-electron chi connectivity index (χ0n) is 8.41. The van der Waals surface area contributed by atoms with Crippen molar-refractivity contribution in [3.8, 4) is 0 Å². The van der Waals surface area contributed by atoms with Crippen molar-refractivity contribution in [2.45, 2.75) is 11.8 Å². The zero-order valence-corrected chi connectivity index (χ0v) is 9.31. The molecule has 74 valence electrons. The summed E-state index contributed by atoms with van der Waals surface area (Å²) < 4.78 is 0. The van der Waals surface area contributed by atoms with Gasteiger partial charge in [-0.1, -0.05) is 18.2 Å². The third kappa shape index (κ3) is 1.18.